The van der Waals surface area contributed by atoms with Crippen molar-refractivity contribution in [3.05, 3.63) is 71.3 Å². The summed E-state index contributed by atoms with van der Waals surface area (Å²) in [6, 6.07) is 18.8. The molecule has 164 valence electrons. The second-order valence-corrected chi connectivity index (χ2v) is 8.07. The van der Waals surface area contributed by atoms with Crippen molar-refractivity contribution < 1.29 is 18.0 Å². The van der Waals surface area contributed by atoms with E-state index in [1.807, 2.05) is 36.4 Å². The highest BCUT2D eigenvalue weighted by molar-refractivity contribution is 5.76. The van der Waals surface area contributed by atoms with Crippen molar-refractivity contribution in [1.29, 1.82) is 5.26 Å². The highest BCUT2D eigenvalue weighted by Gasteiger charge is 2.35. The number of hydrogen-bond acceptors (Lipinski definition) is 3. The molecule has 1 atom stereocenters. The smallest absolute Gasteiger partial charge is 0.333 e. The molecule has 0 saturated carbocycles. The summed E-state index contributed by atoms with van der Waals surface area (Å²) in [6.07, 6.45) is -3.28. The first-order valence-electron chi connectivity index (χ1n) is 10.4. The third-order valence-electron chi connectivity index (χ3n) is 5.53. The molecule has 4 nitrogen and oxygen atoms in total. The molecule has 1 heterocycles. The van der Waals surface area contributed by atoms with Crippen LogP contribution >= 0.6 is 0 Å². The van der Waals surface area contributed by atoms with E-state index in [0.717, 1.165) is 30.0 Å². The molecule has 0 N–H and O–H groups in total. The van der Waals surface area contributed by atoms with Crippen LogP contribution in [0.4, 0.5) is 13.2 Å². The van der Waals surface area contributed by atoms with Gasteiger partial charge in [-0.2, -0.15) is 18.4 Å². The van der Waals surface area contributed by atoms with E-state index in [0.29, 0.717) is 18.5 Å². The van der Waals surface area contributed by atoms with E-state index in [-0.39, 0.29) is 18.9 Å². The Kier molecular flexibility index (Phi) is 7.69. The predicted molar refractivity (Wildman–Crippen MR) is 112 cm³/mol. The minimum Gasteiger partial charge on any atom is -0.333 e. The maximum Gasteiger partial charge on any atom is 0.406 e. The topological polar surface area (TPSA) is 47.3 Å². The van der Waals surface area contributed by atoms with Crippen molar-refractivity contribution in [3.63, 3.8) is 0 Å². The van der Waals surface area contributed by atoms with E-state index in [9.17, 15) is 18.0 Å². The Balaban J connectivity index is 1.55. The van der Waals surface area contributed by atoms with Gasteiger partial charge in [0.25, 0.3) is 0 Å². The Morgan fingerprint density at radius 3 is 2.45 bits per heavy atom. The third-order valence-corrected chi connectivity index (χ3v) is 5.53. The van der Waals surface area contributed by atoms with Crippen molar-refractivity contribution in [2.45, 2.75) is 32.0 Å². The van der Waals surface area contributed by atoms with Crippen LogP contribution in [0.2, 0.25) is 0 Å². The van der Waals surface area contributed by atoms with Crippen LogP contribution in [0, 0.1) is 17.2 Å². The molecule has 1 amide bonds. The van der Waals surface area contributed by atoms with Crippen LogP contribution in [-0.2, 0) is 17.8 Å². The van der Waals surface area contributed by atoms with Crippen molar-refractivity contribution >= 4 is 5.91 Å². The van der Waals surface area contributed by atoms with Crippen LogP contribution in [0.15, 0.2) is 54.6 Å². The van der Waals surface area contributed by atoms with Gasteiger partial charge in [-0.25, -0.2) is 0 Å². The molecule has 3 rings (SSSR count). The second-order valence-electron chi connectivity index (χ2n) is 8.07. The van der Waals surface area contributed by atoms with Gasteiger partial charge in [-0.05, 0) is 48.6 Å². The van der Waals surface area contributed by atoms with E-state index in [1.54, 1.807) is 24.3 Å². The molecule has 7 heteroatoms. The lowest BCUT2D eigenvalue weighted by molar-refractivity contribution is -0.162. The number of alkyl halides is 3. The minimum absolute atomic E-state index is 0.0163. The summed E-state index contributed by atoms with van der Waals surface area (Å²) in [6.45, 7) is 1.18. The summed E-state index contributed by atoms with van der Waals surface area (Å²) in [5.74, 6) is -0.451. The molecule has 1 aliphatic heterocycles. The summed E-state index contributed by atoms with van der Waals surface area (Å²) in [4.78, 5) is 15.8. The van der Waals surface area contributed by atoms with Crippen molar-refractivity contribution in [3.8, 4) is 6.07 Å². The molecule has 2 aromatic rings. The number of benzene rings is 2. The van der Waals surface area contributed by atoms with Crippen LogP contribution < -0.4 is 0 Å². The van der Waals surface area contributed by atoms with E-state index >= 15 is 0 Å². The summed E-state index contributed by atoms with van der Waals surface area (Å²) in [7, 11) is 0. The van der Waals surface area contributed by atoms with Gasteiger partial charge in [-0.3, -0.25) is 9.69 Å². The molecule has 0 aromatic heterocycles. The zero-order valence-electron chi connectivity index (χ0n) is 17.3. The maximum absolute atomic E-state index is 13.1. The number of nitrogens with zero attached hydrogens (tertiary/aromatic N) is 3. The number of likely N-dealkylation sites (tertiary alicyclic amines) is 1. The molecular formula is C24H26F3N3O. The number of aryl methyl sites for hydroxylation is 1. The lowest BCUT2D eigenvalue weighted by atomic mass is 10.1. The van der Waals surface area contributed by atoms with E-state index < -0.39 is 18.6 Å². The number of halogens is 3. The van der Waals surface area contributed by atoms with Crippen molar-refractivity contribution in [1.82, 2.24) is 9.80 Å². The van der Waals surface area contributed by atoms with E-state index in [4.69, 9.17) is 5.26 Å². The van der Waals surface area contributed by atoms with Gasteiger partial charge in [-0.1, -0.05) is 42.5 Å². The largest absolute Gasteiger partial charge is 0.406 e. The molecular weight excluding hydrogens is 403 g/mol. The number of carbonyl (C=O) groups is 1. The summed E-state index contributed by atoms with van der Waals surface area (Å²) in [5.41, 5.74) is 2.51. The van der Waals surface area contributed by atoms with Gasteiger partial charge < -0.3 is 4.90 Å². The van der Waals surface area contributed by atoms with Crippen LogP contribution in [0.1, 0.15) is 29.5 Å². The van der Waals surface area contributed by atoms with Gasteiger partial charge in [0.2, 0.25) is 5.91 Å². The number of amides is 1. The monoisotopic (exact) mass is 429 g/mol. The fourth-order valence-electron chi connectivity index (χ4n) is 3.99. The maximum atomic E-state index is 13.1. The minimum atomic E-state index is -4.42. The Bertz CT molecular complexity index is 891. The van der Waals surface area contributed by atoms with Gasteiger partial charge in [0.05, 0.1) is 11.6 Å². The molecule has 1 fully saturated rings. The number of hydrogen-bond donors (Lipinski definition) is 0. The lowest BCUT2D eigenvalue weighted by Gasteiger charge is -2.27. The SMILES string of the molecule is N#Cc1ccc(CCC(=O)N(C[C@@H]2CCN(Cc3ccccc3)C2)CC(F)(F)F)cc1. The first-order valence-corrected chi connectivity index (χ1v) is 10.4. The van der Waals surface area contributed by atoms with Gasteiger partial charge in [-0.15, -0.1) is 0 Å². The molecule has 0 spiro atoms. The second kappa shape index (κ2) is 10.5. The van der Waals surface area contributed by atoms with Gasteiger partial charge in [0.1, 0.15) is 6.54 Å². The molecule has 1 aliphatic rings. The highest BCUT2D eigenvalue weighted by atomic mass is 19.4. The summed E-state index contributed by atoms with van der Waals surface area (Å²) < 4.78 is 39.3. The Morgan fingerprint density at radius 1 is 1.10 bits per heavy atom. The fraction of sp³-hybridized carbons (Fsp3) is 0.417. The first-order chi connectivity index (χ1) is 14.8. The van der Waals surface area contributed by atoms with Crippen LogP contribution in [0.3, 0.4) is 0 Å². The zero-order valence-corrected chi connectivity index (χ0v) is 17.3. The van der Waals surface area contributed by atoms with Gasteiger partial charge in [0, 0.05) is 26.1 Å². The normalized spacial score (nSPS) is 16.8. The van der Waals surface area contributed by atoms with Crippen molar-refractivity contribution in [2.24, 2.45) is 5.92 Å². The van der Waals surface area contributed by atoms with Crippen LogP contribution in [0.5, 0.6) is 0 Å². The molecule has 0 aliphatic carbocycles. The fourth-order valence-corrected chi connectivity index (χ4v) is 3.99. The predicted octanol–water partition coefficient (Wildman–Crippen LogP) is 4.40. The van der Waals surface area contributed by atoms with E-state index in [1.165, 1.54) is 5.56 Å². The van der Waals surface area contributed by atoms with Crippen molar-refractivity contribution in [2.75, 3.05) is 26.2 Å². The van der Waals surface area contributed by atoms with Crippen LogP contribution in [-0.4, -0.2) is 48.1 Å². The number of carbonyl (C=O) groups excluding carboxylic acids is 1. The Labute approximate surface area is 180 Å². The molecule has 0 bridgehead atoms. The van der Waals surface area contributed by atoms with Gasteiger partial charge >= 0.3 is 6.18 Å². The van der Waals surface area contributed by atoms with Crippen LogP contribution in [0.25, 0.3) is 0 Å². The van der Waals surface area contributed by atoms with Gasteiger partial charge in [0.15, 0.2) is 0 Å². The highest BCUT2D eigenvalue weighted by Crippen LogP contribution is 2.23. The average molecular weight is 429 g/mol. The standard InChI is InChI=1S/C24H26F3N3O/c25-24(26,27)18-30(23(31)11-10-19-6-8-20(14-28)9-7-19)17-22-12-13-29(16-22)15-21-4-2-1-3-5-21/h1-9,22H,10-13,15-18H2/t22-/m1/s1. The molecule has 0 radical (unpaired) electrons. The first kappa shape index (κ1) is 22.8. The summed E-state index contributed by atoms with van der Waals surface area (Å²) >= 11 is 0. The zero-order chi connectivity index (χ0) is 22.3. The van der Waals surface area contributed by atoms with E-state index in [2.05, 4.69) is 4.90 Å². The Hall–Kier alpha value is -2.85. The quantitative estimate of drug-likeness (QED) is 0.625. The summed E-state index contributed by atoms with van der Waals surface area (Å²) in [5, 5.41) is 8.84. The number of nitriles is 1. The lowest BCUT2D eigenvalue weighted by Crippen LogP contribution is -2.42. The molecule has 1 saturated heterocycles. The number of rotatable bonds is 8. The average Bonchev–Trinajstić information content (AvgIpc) is 3.18. The molecule has 31 heavy (non-hydrogen) atoms. The molecule has 0 unspecified atom stereocenters. The third kappa shape index (κ3) is 7.41. The Morgan fingerprint density at radius 2 is 1.81 bits per heavy atom. The molecule has 2 aromatic carbocycles.